The van der Waals surface area contributed by atoms with E-state index in [9.17, 15) is 22.8 Å². The molecule has 1 aromatic heterocycles. The first-order valence-corrected chi connectivity index (χ1v) is 11.4. The third-order valence-electron chi connectivity index (χ3n) is 7.06. The van der Waals surface area contributed by atoms with Crippen LogP contribution in [0, 0.1) is 0 Å². The molecule has 3 amide bonds. The molecule has 1 unspecified atom stereocenters. The highest BCUT2D eigenvalue weighted by atomic mass is 19.4. The van der Waals surface area contributed by atoms with E-state index in [1.165, 1.54) is 22.1 Å². The van der Waals surface area contributed by atoms with E-state index in [0.29, 0.717) is 32.0 Å². The molecule has 34 heavy (non-hydrogen) atoms. The summed E-state index contributed by atoms with van der Waals surface area (Å²) in [6.07, 6.45) is -0.429. The van der Waals surface area contributed by atoms with Gasteiger partial charge in [0.05, 0.1) is 12.2 Å². The van der Waals surface area contributed by atoms with Crippen molar-refractivity contribution in [1.82, 2.24) is 20.1 Å². The van der Waals surface area contributed by atoms with Crippen molar-refractivity contribution in [3.05, 3.63) is 58.8 Å². The number of hydrogen-bond donors (Lipinski definition) is 1. The van der Waals surface area contributed by atoms with Gasteiger partial charge in [-0.3, -0.25) is 9.69 Å². The standard InChI is InChI=1S/C24H26F3N5O2/c1-23(18-6-5-16-3-2-4-17(16)13-18)21(33)32(22(34)29-23)15-30-9-11-31(12-10-30)20-8-7-19(14-28-20)24(25,26)27/h5-8,13-14H,2-4,9-12,15H2,1H3,(H,29,34). The molecule has 0 bridgehead atoms. The molecule has 2 aromatic rings. The van der Waals surface area contributed by atoms with Gasteiger partial charge in [0.25, 0.3) is 5.91 Å². The van der Waals surface area contributed by atoms with Crippen LogP contribution in [0.25, 0.3) is 0 Å². The van der Waals surface area contributed by atoms with Crippen molar-refractivity contribution in [3.8, 4) is 0 Å². The van der Waals surface area contributed by atoms with Crippen molar-refractivity contribution in [1.29, 1.82) is 0 Å². The summed E-state index contributed by atoms with van der Waals surface area (Å²) in [6, 6.07) is 8.01. The number of carbonyl (C=O) groups excluding carboxylic acids is 2. The molecule has 0 saturated carbocycles. The topological polar surface area (TPSA) is 68.8 Å². The van der Waals surface area contributed by atoms with Gasteiger partial charge in [-0.25, -0.2) is 14.7 Å². The first-order chi connectivity index (χ1) is 16.1. The molecule has 1 aliphatic carbocycles. The Kier molecular flexibility index (Phi) is 5.50. The van der Waals surface area contributed by atoms with Gasteiger partial charge < -0.3 is 10.2 Å². The Morgan fingerprint density at radius 2 is 1.76 bits per heavy atom. The van der Waals surface area contributed by atoms with E-state index in [2.05, 4.69) is 16.4 Å². The van der Waals surface area contributed by atoms with Crippen LogP contribution in [0.15, 0.2) is 36.5 Å². The van der Waals surface area contributed by atoms with E-state index in [0.717, 1.165) is 37.1 Å². The molecule has 2 fully saturated rings. The zero-order valence-electron chi connectivity index (χ0n) is 18.9. The number of urea groups is 1. The minimum absolute atomic E-state index is 0.166. The predicted molar refractivity (Wildman–Crippen MR) is 119 cm³/mol. The molecular formula is C24H26F3N5O2. The molecule has 3 aliphatic rings. The first kappa shape index (κ1) is 22.6. The Hall–Kier alpha value is -3.14. The molecule has 7 nitrogen and oxygen atoms in total. The Morgan fingerprint density at radius 1 is 1.03 bits per heavy atom. The van der Waals surface area contributed by atoms with Crippen LogP contribution >= 0.6 is 0 Å². The van der Waals surface area contributed by atoms with Crippen LogP contribution in [-0.4, -0.2) is 59.6 Å². The molecule has 1 aromatic carbocycles. The van der Waals surface area contributed by atoms with Crippen molar-refractivity contribution in [3.63, 3.8) is 0 Å². The number of aryl methyl sites for hydroxylation is 2. The lowest BCUT2D eigenvalue weighted by molar-refractivity contribution is -0.137. The van der Waals surface area contributed by atoms with Crippen LogP contribution < -0.4 is 10.2 Å². The second kappa shape index (κ2) is 8.26. The van der Waals surface area contributed by atoms with E-state index in [-0.39, 0.29) is 12.6 Å². The van der Waals surface area contributed by atoms with Crippen molar-refractivity contribution < 1.29 is 22.8 Å². The smallest absolute Gasteiger partial charge is 0.354 e. The number of nitrogens with zero attached hydrogens (tertiary/aromatic N) is 4. The van der Waals surface area contributed by atoms with Gasteiger partial charge in [0.15, 0.2) is 0 Å². The average molecular weight is 473 g/mol. The summed E-state index contributed by atoms with van der Waals surface area (Å²) >= 11 is 0. The highest BCUT2D eigenvalue weighted by molar-refractivity contribution is 6.07. The number of pyridine rings is 1. The number of amides is 3. The summed E-state index contributed by atoms with van der Waals surface area (Å²) in [5.74, 6) is 0.203. The zero-order chi connectivity index (χ0) is 24.1. The number of alkyl halides is 3. The normalized spacial score (nSPS) is 23.4. The van der Waals surface area contributed by atoms with Crippen LogP contribution in [0.5, 0.6) is 0 Å². The maximum atomic E-state index is 13.3. The number of carbonyl (C=O) groups is 2. The Labute approximate surface area is 195 Å². The number of nitrogens with one attached hydrogen (secondary N) is 1. The van der Waals surface area contributed by atoms with E-state index in [4.69, 9.17) is 0 Å². The molecular weight excluding hydrogens is 447 g/mol. The van der Waals surface area contributed by atoms with Gasteiger partial charge in [-0.1, -0.05) is 18.2 Å². The molecule has 180 valence electrons. The molecule has 5 rings (SSSR count). The van der Waals surface area contributed by atoms with Crippen LogP contribution in [0.3, 0.4) is 0 Å². The van der Waals surface area contributed by atoms with E-state index in [1.807, 2.05) is 21.9 Å². The summed E-state index contributed by atoms with van der Waals surface area (Å²) in [6.45, 7) is 4.08. The van der Waals surface area contributed by atoms with Crippen LogP contribution in [0.1, 0.15) is 35.6 Å². The van der Waals surface area contributed by atoms with Gasteiger partial charge in [0.2, 0.25) is 0 Å². The lowest BCUT2D eigenvalue weighted by Gasteiger charge is -2.36. The summed E-state index contributed by atoms with van der Waals surface area (Å²) < 4.78 is 38.3. The van der Waals surface area contributed by atoms with Gasteiger partial charge in [0.1, 0.15) is 11.4 Å². The molecule has 0 spiro atoms. The zero-order valence-corrected chi connectivity index (χ0v) is 18.9. The number of benzene rings is 1. The number of halogens is 3. The highest BCUT2D eigenvalue weighted by Crippen LogP contribution is 2.33. The number of aromatic nitrogens is 1. The fourth-order valence-electron chi connectivity index (χ4n) is 4.96. The second-order valence-electron chi connectivity index (χ2n) is 9.27. The Bertz CT molecular complexity index is 1110. The summed E-state index contributed by atoms with van der Waals surface area (Å²) in [5, 5.41) is 2.88. The monoisotopic (exact) mass is 473 g/mol. The molecule has 1 atom stereocenters. The number of rotatable bonds is 4. The van der Waals surface area contributed by atoms with Gasteiger partial charge in [-0.05, 0) is 55.0 Å². The number of piperazine rings is 1. The van der Waals surface area contributed by atoms with Gasteiger partial charge in [-0.15, -0.1) is 0 Å². The molecule has 3 heterocycles. The Balaban J connectivity index is 1.22. The minimum atomic E-state index is -4.42. The maximum absolute atomic E-state index is 13.3. The second-order valence-corrected chi connectivity index (χ2v) is 9.27. The highest BCUT2D eigenvalue weighted by Gasteiger charge is 2.49. The van der Waals surface area contributed by atoms with E-state index < -0.39 is 23.3 Å². The Morgan fingerprint density at radius 3 is 2.44 bits per heavy atom. The van der Waals surface area contributed by atoms with Crippen molar-refractivity contribution >= 4 is 17.8 Å². The maximum Gasteiger partial charge on any atom is 0.417 e. The quantitative estimate of drug-likeness (QED) is 0.692. The van der Waals surface area contributed by atoms with Gasteiger partial charge in [-0.2, -0.15) is 13.2 Å². The number of imide groups is 1. The SMILES string of the molecule is CC1(c2ccc3c(c2)CCC3)NC(=O)N(CN2CCN(c3ccc(C(F)(F)F)cn3)CC2)C1=O. The summed E-state index contributed by atoms with van der Waals surface area (Å²) in [5.41, 5.74) is 1.47. The van der Waals surface area contributed by atoms with E-state index >= 15 is 0 Å². The average Bonchev–Trinajstić information content (AvgIpc) is 3.37. The third-order valence-corrected chi connectivity index (χ3v) is 7.06. The molecule has 10 heteroatoms. The van der Waals surface area contributed by atoms with Crippen LogP contribution in [0.4, 0.5) is 23.8 Å². The first-order valence-electron chi connectivity index (χ1n) is 11.4. The largest absolute Gasteiger partial charge is 0.417 e. The molecule has 1 N–H and O–H groups in total. The minimum Gasteiger partial charge on any atom is -0.354 e. The number of anilines is 1. The molecule has 0 radical (unpaired) electrons. The van der Waals surface area contributed by atoms with Crippen LogP contribution in [-0.2, 0) is 29.4 Å². The molecule has 2 aliphatic heterocycles. The molecule has 2 saturated heterocycles. The lowest BCUT2D eigenvalue weighted by atomic mass is 9.90. The van der Waals surface area contributed by atoms with Gasteiger partial charge >= 0.3 is 12.2 Å². The third kappa shape index (κ3) is 4.00. The van der Waals surface area contributed by atoms with E-state index in [1.54, 1.807) is 6.92 Å². The number of fused-ring (bicyclic) bond motifs is 1. The van der Waals surface area contributed by atoms with Gasteiger partial charge in [0, 0.05) is 32.4 Å². The van der Waals surface area contributed by atoms with Crippen molar-refractivity contribution in [2.75, 3.05) is 37.7 Å². The van der Waals surface area contributed by atoms with Crippen molar-refractivity contribution in [2.45, 2.75) is 37.9 Å². The predicted octanol–water partition coefficient (Wildman–Crippen LogP) is 3.14. The van der Waals surface area contributed by atoms with Crippen LogP contribution in [0.2, 0.25) is 0 Å². The van der Waals surface area contributed by atoms with Crippen molar-refractivity contribution in [2.24, 2.45) is 0 Å². The number of hydrogen-bond acceptors (Lipinski definition) is 5. The fourth-order valence-corrected chi connectivity index (χ4v) is 4.96. The lowest BCUT2D eigenvalue weighted by Crippen LogP contribution is -2.51. The fraction of sp³-hybridized carbons (Fsp3) is 0.458. The summed E-state index contributed by atoms with van der Waals surface area (Å²) in [7, 11) is 0. The summed E-state index contributed by atoms with van der Waals surface area (Å²) in [4.78, 5) is 35.1.